The summed E-state index contributed by atoms with van der Waals surface area (Å²) in [5, 5.41) is 0. The molecule has 2 atom stereocenters. The van der Waals surface area contributed by atoms with Crippen molar-refractivity contribution in [2.24, 2.45) is 5.92 Å². The standard InChI is InChI=1S/C10H21NO2/c1-8(2)10-6-11(3)5-9(12-4)7-13-10/h8-10H,5-7H2,1-4H3. The molecule has 78 valence electrons. The van der Waals surface area contributed by atoms with Crippen LogP contribution in [0.5, 0.6) is 0 Å². The van der Waals surface area contributed by atoms with Gasteiger partial charge in [-0.15, -0.1) is 0 Å². The monoisotopic (exact) mass is 187 g/mol. The molecule has 0 aromatic heterocycles. The molecule has 1 rings (SSSR count). The molecule has 0 bridgehead atoms. The summed E-state index contributed by atoms with van der Waals surface area (Å²) in [6.45, 7) is 7.11. The Morgan fingerprint density at radius 1 is 1.38 bits per heavy atom. The van der Waals surface area contributed by atoms with Gasteiger partial charge >= 0.3 is 0 Å². The van der Waals surface area contributed by atoms with Crippen molar-refractivity contribution < 1.29 is 9.47 Å². The molecule has 3 heteroatoms. The third kappa shape index (κ3) is 3.25. The van der Waals surface area contributed by atoms with Gasteiger partial charge < -0.3 is 14.4 Å². The van der Waals surface area contributed by atoms with Gasteiger partial charge in [0.15, 0.2) is 0 Å². The minimum Gasteiger partial charge on any atom is -0.378 e. The van der Waals surface area contributed by atoms with Gasteiger partial charge in [0.25, 0.3) is 0 Å². The maximum Gasteiger partial charge on any atom is 0.0931 e. The summed E-state index contributed by atoms with van der Waals surface area (Å²) in [6.07, 6.45) is 0.582. The molecule has 0 aromatic rings. The molecule has 0 amide bonds. The fourth-order valence-electron chi connectivity index (χ4n) is 1.61. The number of hydrogen-bond donors (Lipinski definition) is 0. The molecule has 0 saturated carbocycles. The first-order chi connectivity index (χ1) is 6.13. The van der Waals surface area contributed by atoms with Gasteiger partial charge in [-0.1, -0.05) is 13.8 Å². The van der Waals surface area contributed by atoms with E-state index in [0.29, 0.717) is 12.0 Å². The van der Waals surface area contributed by atoms with Gasteiger partial charge in [-0.05, 0) is 13.0 Å². The second-order valence-electron chi connectivity index (χ2n) is 4.19. The van der Waals surface area contributed by atoms with Crippen LogP contribution in [-0.2, 0) is 9.47 Å². The van der Waals surface area contributed by atoms with Crippen molar-refractivity contribution >= 4 is 0 Å². The topological polar surface area (TPSA) is 21.7 Å². The Hall–Kier alpha value is -0.120. The Labute approximate surface area is 81.0 Å². The van der Waals surface area contributed by atoms with Crippen molar-refractivity contribution in [2.75, 3.05) is 33.9 Å². The lowest BCUT2D eigenvalue weighted by atomic mass is 10.1. The predicted molar refractivity (Wildman–Crippen MR) is 52.9 cm³/mol. The van der Waals surface area contributed by atoms with Gasteiger partial charge in [0.2, 0.25) is 0 Å². The first-order valence-electron chi connectivity index (χ1n) is 4.96. The molecule has 1 aliphatic rings. The average molecular weight is 187 g/mol. The number of methoxy groups -OCH3 is 1. The minimum atomic E-state index is 0.230. The zero-order valence-electron chi connectivity index (χ0n) is 9.12. The van der Waals surface area contributed by atoms with Crippen molar-refractivity contribution in [1.82, 2.24) is 4.90 Å². The molecule has 3 nitrogen and oxygen atoms in total. The van der Waals surface area contributed by atoms with Crippen LogP contribution in [0.1, 0.15) is 13.8 Å². The summed E-state index contributed by atoms with van der Waals surface area (Å²) < 4.78 is 11.1. The van der Waals surface area contributed by atoms with Gasteiger partial charge in [-0.2, -0.15) is 0 Å². The maximum atomic E-state index is 5.77. The quantitative estimate of drug-likeness (QED) is 0.643. The van der Waals surface area contributed by atoms with Gasteiger partial charge in [0.05, 0.1) is 18.8 Å². The zero-order chi connectivity index (χ0) is 9.84. The highest BCUT2D eigenvalue weighted by Crippen LogP contribution is 2.13. The summed E-state index contributed by atoms with van der Waals surface area (Å²) in [7, 11) is 3.87. The Bertz CT molecular complexity index is 150. The molecule has 0 aromatic carbocycles. The van der Waals surface area contributed by atoms with Crippen molar-refractivity contribution in [3.8, 4) is 0 Å². The molecule has 13 heavy (non-hydrogen) atoms. The van der Waals surface area contributed by atoms with Gasteiger partial charge in [0, 0.05) is 20.2 Å². The van der Waals surface area contributed by atoms with E-state index in [9.17, 15) is 0 Å². The molecule has 1 saturated heterocycles. The van der Waals surface area contributed by atoms with Crippen LogP contribution in [0.15, 0.2) is 0 Å². The fourth-order valence-corrected chi connectivity index (χ4v) is 1.61. The van der Waals surface area contributed by atoms with Gasteiger partial charge in [-0.25, -0.2) is 0 Å². The molecule has 0 N–H and O–H groups in total. The average Bonchev–Trinajstić information content (AvgIpc) is 2.26. The fraction of sp³-hybridized carbons (Fsp3) is 1.00. The Kier molecular flexibility index (Phi) is 4.16. The molecular formula is C10H21NO2. The predicted octanol–water partition coefficient (Wildman–Crippen LogP) is 0.988. The summed E-state index contributed by atoms with van der Waals surface area (Å²) in [6, 6.07) is 0. The van der Waals surface area contributed by atoms with Crippen LogP contribution in [0.4, 0.5) is 0 Å². The number of nitrogens with zero attached hydrogens (tertiary/aromatic N) is 1. The second kappa shape index (κ2) is 4.94. The van der Waals surface area contributed by atoms with E-state index in [1.165, 1.54) is 0 Å². The van der Waals surface area contributed by atoms with E-state index in [4.69, 9.17) is 9.47 Å². The number of ether oxygens (including phenoxy) is 2. The Morgan fingerprint density at radius 3 is 2.62 bits per heavy atom. The molecule has 1 heterocycles. The van der Waals surface area contributed by atoms with Crippen molar-refractivity contribution in [3.05, 3.63) is 0 Å². The van der Waals surface area contributed by atoms with Crippen LogP contribution >= 0.6 is 0 Å². The summed E-state index contributed by atoms with van der Waals surface area (Å²) in [5.41, 5.74) is 0. The van der Waals surface area contributed by atoms with Gasteiger partial charge in [-0.3, -0.25) is 0 Å². The largest absolute Gasteiger partial charge is 0.378 e. The van der Waals surface area contributed by atoms with Crippen LogP contribution in [-0.4, -0.2) is 51.0 Å². The van der Waals surface area contributed by atoms with Crippen LogP contribution in [0.2, 0.25) is 0 Å². The number of hydrogen-bond acceptors (Lipinski definition) is 3. The van der Waals surface area contributed by atoms with Crippen LogP contribution in [0, 0.1) is 5.92 Å². The highest BCUT2D eigenvalue weighted by molar-refractivity contribution is 4.74. The lowest BCUT2D eigenvalue weighted by Gasteiger charge is -2.22. The SMILES string of the molecule is COC1COC(C(C)C)CN(C)C1. The Balaban J connectivity index is 2.47. The lowest BCUT2D eigenvalue weighted by Crippen LogP contribution is -2.33. The highest BCUT2D eigenvalue weighted by Gasteiger charge is 2.23. The first-order valence-corrected chi connectivity index (χ1v) is 4.96. The summed E-state index contributed by atoms with van der Waals surface area (Å²) in [5.74, 6) is 0.582. The van der Waals surface area contributed by atoms with E-state index in [2.05, 4.69) is 25.8 Å². The molecular weight excluding hydrogens is 166 g/mol. The maximum absolute atomic E-state index is 5.77. The van der Waals surface area contributed by atoms with Crippen molar-refractivity contribution in [3.63, 3.8) is 0 Å². The third-order valence-corrected chi connectivity index (χ3v) is 2.58. The lowest BCUT2D eigenvalue weighted by molar-refractivity contribution is -0.0209. The number of likely N-dealkylation sites (N-methyl/N-ethyl adjacent to an activating group) is 1. The van der Waals surface area contributed by atoms with Crippen molar-refractivity contribution in [2.45, 2.75) is 26.1 Å². The van der Waals surface area contributed by atoms with Crippen LogP contribution in [0.25, 0.3) is 0 Å². The van der Waals surface area contributed by atoms with E-state index in [1.54, 1.807) is 7.11 Å². The van der Waals surface area contributed by atoms with Crippen molar-refractivity contribution in [1.29, 1.82) is 0 Å². The molecule has 0 aliphatic carbocycles. The van der Waals surface area contributed by atoms with Crippen LogP contribution < -0.4 is 0 Å². The van der Waals surface area contributed by atoms with E-state index in [-0.39, 0.29) is 6.10 Å². The summed E-state index contributed by atoms with van der Waals surface area (Å²) >= 11 is 0. The second-order valence-corrected chi connectivity index (χ2v) is 4.19. The normalized spacial score (nSPS) is 32.1. The molecule has 2 unspecified atom stereocenters. The Morgan fingerprint density at radius 2 is 2.08 bits per heavy atom. The van der Waals surface area contributed by atoms with E-state index in [0.717, 1.165) is 19.7 Å². The first kappa shape index (κ1) is 11.0. The summed E-state index contributed by atoms with van der Waals surface area (Å²) in [4.78, 5) is 2.28. The molecule has 1 fully saturated rings. The smallest absolute Gasteiger partial charge is 0.0931 e. The third-order valence-electron chi connectivity index (χ3n) is 2.58. The van der Waals surface area contributed by atoms with E-state index >= 15 is 0 Å². The molecule has 0 radical (unpaired) electrons. The minimum absolute atomic E-state index is 0.230. The van der Waals surface area contributed by atoms with E-state index in [1.807, 2.05) is 0 Å². The number of rotatable bonds is 2. The van der Waals surface area contributed by atoms with Crippen LogP contribution in [0.3, 0.4) is 0 Å². The van der Waals surface area contributed by atoms with E-state index < -0.39 is 0 Å². The van der Waals surface area contributed by atoms with Gasteiger partial charge in [0.1, 0.15) is 0 Å². The zero-order valence-corrected chi connectivity index (χ0v) is 9.12. The molecule has 1 aliphatic heterocycles. The highest BCUT2D eigenvalue weighted by atomic mass is 16.5. The molecule has 0 spiro atoms.